The highest BCUT2D eigenvalue weighted by molar-refractivity contribution is 7.45. The van der Waals surface area contributed by atoms with E-state index in [4.69, 9.17) is 18.5 Å². The molecule has 9 nitrogen and oxygen atoms in total. The summed E-state index contributed by atoms with van der Waals surface area (Å²) >= 11 is 0. The van der Waals surface area contributed by atoms with Crippen molar-refractivity contribution in [1.29, 1.82) is 0 Å². The Balaban J connectivity index is 3.91. The van der Waals surface area contributed by atoms with Gasteiger partial charge in [0.15, 0.2) is 6.10 Å². The van der Waals surface area contributed by atoms with Crippen LogP contribution in [0.3, 0.4) is 0 Å². The van der Waals surface area contributed by atoms with Crippen LogP contribution >= 0.6 is 7.82 Å². The van der Waals surface area contributed by atoms with Gasteiger partial charge in [0, 0.05) is 12.8 Å². The molecule has 90 heavy (non-hydrogen) atoms. The molecular formula is C80H152NO8P. The molecule has 0 rings (SSSR count). The Morgan fingerprint density at radius 1 is 0.344 bits per heavy atom. The number of nitrogens with zero attached hydrogens (tertiary/aromatic N) is 1. The molecule has 0 fully saturated rings. The number of likely N-dealkylation sites (N-methyl/N-ethyl adjacent to an activating group) is 1. The molecule has 0 aromatic carbocycles. The number of ether oxygens (including phenoxy) is 2. The largest absolute Gasteiger partial charge is 0.756 e. The third-order valence-electron chi connectivity index (χ3n) is 17.8. The van der Waals surface area contributed by atoms with Crippen LogP contribution < -0.4 is 4.89 Å². The van der Waals surface area contributed by atoms with E-state index in [2.05, 4.69) is 62.5 Å². The average molecular weight is 1290 g/mol. The quantitative estimate of drug-likeness (QED) is 0.0195. The van der Waals surface area contributed by atoms with Crippen LogP contribution in [0.2, 0.25) is 0 Å². The molecule has 2 atom stereocenters. The van der Waals surface area contributed by atoms with Crippen LogP contribution in [-0.2, 0) is 32.7 Å². The van der Waals surface area contributed by atoms with Crippen molar-refractivity contribution in [3.8, 4) is 0 Å². The monoisotopic (exact) mass is 1290 g/mol. The minimum Gasteiger partial charge on any atom is -0.756 e. The smallest absolute Gasteiger partial charge is 0.306 e. The Kier molecular flexibility index (Phi) is 69.7. The second kappa shape index (κ2) is 71.3. The minimum atomic E-state index is -4.64. The molecule has 2 unspecified atom stereocenters. The van der Waals surface area contributed by atoms with Gasteiger partial charge in [0.05, 0.1) is 27.7 Å². The lowest BCUT2D eigenvalue weighted by atomic mass is 10.0. The normalized spacial score (nSPS) is 13.3. The van der Waals surface area contributed by atoms with Crippen LogP contribution in [0.5, 0.6) is 0 Å². The van der Waals surface area contributed by atoms with Gasteiger partial charge in [-0.2, -0.15) is 0 Å². The topological polar surface area (TPSA) is 111 Å². The van der Waals surface area contributed by atoms with Crippen LogP contribution in [0.15, 0.2) is 48.6 Å². The summed E-state index contributed by atoms with van der Waals surface area (Å²) in [4.78, 5) is 38.1. The fourth-order valence-electron chi connectivity index (χ4n) is 11.8. The van der Waals surface area contributed by atoms with Crippen molar-refractivity contribution in [2.24, 2.45) is 0 Å². The summed E-state index contributed by atoms with van der Waals surface area (Å²) in [6.07, 6.45) is 93.7. The van der Waals surface area contributed by atoms with Gasteiger partial charge in [-0.1, -0.05) is 358 Å². The van der Waals surface area contributed by atoms with Crippen LogP contribution in [0, 0.1) is 0 Å². The fourth-order valence-corrected chi connectivity index (χ4v) is 12.5. The van der Waals surface area contributed by atoms with E-state index in [1.54, 1.807) is 0 Å². The molecule has 0 bridgehead atoms. The summed E-state index contributed by atoms with van der Waals surface area (Å²) in [6.45, 7) is 4.30. The van der Waals surface area contributed by atoms with E-state index in [9.17, 15) is 19.0 Å². The van der Waals surface area contributed by atoms with Crippen molar-refractivity contribution < 1.29 is 42.1 Å². The van der Waals surface area contributed by atoms with E-state index in [-0.39, 0.29) is 32.0 Å². The maximum atomic E-state index is 12.9. The first-order valence-corrected chi connectivity index (χ1v) is 40.8. The van der Waals surface area contributed by atoms with E-state index in [0.717, 1.165) is 44.9 Å². The molecule has 0 aliphatic heterocycles. The number of esters is 2. The first-order chi connectivity index (χ1) is 44.0. The van der Waals surface area contributed by atoms with Crippen LogP contribution in [0.4, 0.5) is 0 Å². The zero-order valence-corrected chi connectivity index (χ0v) is 61.5. The first kappa shape index (κ1) is 88.0. The third kappa shape index (κ3) is 75.0. The Bertz CT molecular complexity index is 1660. The minimum absolute atomic E-state index is 0.0280. The zero-order chi connectivity index (χ0) is 65.5. The van der Waals surface area contributed by atoms with Crippen LogP contribution in [-0.4, -0.2) is 70.0 Å². The summed E-state index contributed by atoms with van der Waals surface area (Å²) in [7, 11) is 1.19. The molecule has 0 saturated carbocycles. The van der Waals surface area contributed by atoms with Crippen molar-refractivity contribution >= 4 is 19.8 Å². The van der Waals surface area contributed by atoms with Gasteiger partial charge >= 0.3 is 11.9 Å². The summed E-state index contributed by atoms with van der Waals surface area (Å²) in [5, 5.41) is 0. The maximum absolute atomic E-state index is 12.9. The lowest BCUT2D eigenvalue weighted by Crippen LogP contribution is -2.37. The summed E-state index contributed by atoms with van der Waals surface area (Å²) in [5.74, 6) is -0.810. The van der Waals surface area contributed by atoms with Gasteiger partial charge in [-0.15, -0.1) is 0 Å². The standard InChI is InChI=1S/C80H152NO8P/c1-6-8-10-12-14-16-18-20-22-24-26-28-30-32-34-35-36-37-38-39-40-41-42-43-44-45-47-49-51-53-55-57-59-61-63-65-67-69-71-73-80(83)89-78(77-88-90(84,85)87-75-74-81(3,4)5)76-86-79(82)72-70-68-66-64-62-60-58-56-54-52-50-48-46-33-31-29-27-25-23-21-19-17-15-13-11-9-7-2/h18,20,24-27,30,32,78H,6-17,19,21-23,28-29,31,33-77H2,1-5H3/b20-18-,26-24-,27-25-,32-30-. The summed E-state index contributed by atoms with van der Waals surface area (Å²) in [5.41, 5.74) is 0. The molecule has 0 N–H and O–H groups in total. The molecule has 10 heteroatoms. The van der Waals surface area contributed by atoms with Crippen molar-refractivity contribution in [3.63, 3.8) is 0 Å². The average Bonchev–Trinajstić information content (AvgIpc) is 3.58. The van der Waals surface area contributed by atoms with Crippen molar-refractivity contribution in [1.82, 2.24) is 0 Å². The SMILES string of the molecule is CCCCCCC/C=C\C/C=C\C/C=C\CCCCCCCCCCCCCCCCCCCCCCCCCCC(=O)OC(COC(=O)CCCCCCCCCCCCCCCCC/C=C\CCCCCCCCCC)COP(=O)([O-])OCC[N+](C)(C)C. The molecule has 0 aliphatic rings. The van der Waals surface area contributed by atoms with Gasteiger partial charge < -0.3 is 27.9 Å². The molecule has 530 valence electrons. The third-order valence-corrected chi connectivity index (χ3v) is 18.8. The number of unbranched alkanes of at least 4 members (excludes halogenated alkanes) is 52. The second-order valence-corrected chi connectivity index (χ2v) is 29.5. The Morgan fingerprint density at radius 2 is 0.600 bits per heavy atom. The van der Waals surface area contributed by atoms with Crippen molar-refractivity contribution in [2.45, 2.75) is 405 Å². The molecule has 0 heterocycles. The van der Waals surface area contributed by atoms with E-state index in [1.807, 2.05) is 21.1 Å². The van der Waals surface area contributed by atoms with Gasteiger partial charge in [0.25, 0.3) is 7.82 Å². The molecular weight excluding hydrogens is 1130 g/mol. The summed E-state index contributed by atoms with van der Waals surface area (Å²) in [6, 6.07) is 0. The van der Waals surface area contributed by atoms with E-state index < -0.39 is 26.5 Å². The lowest BCUT2D eigenvalue weighted by molar-refractivity contribution is -0.870. The van der Waals surface area contributed by atoms with Gasteiger partial charge in [-0.3, -0.25) is 14.2 Å². The predicted octanol–water partition coefficient (Wildman–Crippen LogP) is 25.3. The van der Waals surface area contributed by atoms with Crippen LogP contribution in [0.25, 0.3) is 0 Å². The number of carbonyl (C=O) groups excluding carboxylic acids is 2. The van der Waals surface area contributed by atoms with E-state index in [0.29, 0.717) is 17.4 Å². The predicted molar refractivity (Wildman–Crippen MR) is 388 cm³/mol. The molecule has 0 amide bonds. The molecule has 0 aliphatic carbocycles. The van der Waals surface area contributed by atoms with Gasteiger partial charge in [0.2, 0.25) is 0 Å². The van der Waals surface area contributed by atoms with E-state index in [1.165, 1.54) is 321 Å². The first-order valence-electron chi connectivity index (χ1n) is 39.3. The highest BCUT2D eigenvalue weighted by Gasteiger charge is 2.22. The molecule has 0 aromatic heterocycles. The van der Waals surface area contributed by atoms with Crippen molar-refractivity contribution in [3.05, 3.63) is 48.6 Å². The van der Waals surface area contributed by atoms with Gasteiger partial charge in [-0.05, 0) is 77.0 Å². The molecule has 0 spiro atoms. The molecule has 0 saturated heterocycles. The summed E-state index contributed by atoms with van der Waals surface area (Å²) < 4.78 is 34.4. The number of phosphoric ester groups is 1. The highest BCUT2D eigenvalue weighted by atomic mass is 31.2. The molecule has 0 aromatic rings. The fraction of sp³-hybridized carbons (Fsp3) is 0.875. The number of phosphoric acid groups is 1. The number of hydrogen-bond acceptors (Lipinski definition) is 8. The zero-order valence-electron chi connectivity index (χ0n) is 60.6. The number of allylic oxidation sites excluding steroid dienone is 8. The Hall–Kier alpha value is -2.03. The van der Waals surface area contributed by atoms with Crippen LogP contribution in [0.1, 0.15) is 399 Å². The Labute approximate surface area is 560 Å². The number of rotatable bonds is 74. The highest BCUT2D eigenvalue weighted by Crippen LogP contribution is 2.38. The second-order valence-electron chi connectivity index (χ2n) is 28.1. The lowest BCUT2D eigenvalue weighted by Gasteiger charge is -2.28. The molecule has 0 radical (unpaired) electrons. The number of hydrogen-bond donors (Lipinski definition) is 0. The maximum Gasteiger partial charge on any atom is 0.306 e. The number of carbonyl (C=O) groups is 2. The van der Waals surface area contributed by atoms with Crippen molar-refractivity contribution in [2.75, 3.05) is 47.5 Å². The van der Waals surface area contributed by atoms with Gasteiger partial charge in [0.1, 0.15) is 19.8 Å². The Morgan fingerprint density at radius 3 is 0.900 bits per heavy atom. The van der Waals surface area contributed by atoms with Gasteiger partial charge in [-0.25, -0.2) is 0 Å². The van der Waals surface area contributed by atoms with E-state index >= 15 is 0 Å². The number of quaternary nitrogens is 1.